The van der Waals surface area contributed by atoms with Crippen LogP contribution in [0.3, 0.4) is 0 Å². The van der Waals surface area contributed by atoms with Crippen molar-refractivity contribution in [3.05, 3.63) is 50.3 Å². The average Bonchev–Trinajstić information content (AvgIpc) is 2.89. The van der Waals surface area contributed by atoms with Crippen molar-refractivity contribution in [1.29, 1.82) is 0 Å². The van der Waals surface area contributed by atoms with E-state index in [1.54, 1.807) is 24.3 Å². The summed E-state index contributed by atoms with van der Waals surface area (Å²) in [5, 5.41) is 10.7. The minimum Gasteiger partial charge on any atom is -0.497 e. The van der Waals surface area contributed by atoms with Crippen LogP contribution >= 0.6 is 22.9 Å². The largest absolute Gasteiger partial charge is 0.497 e. The highest BCUT2D eigenvalue weighted by atomic mass is 35.5. The first-order chi connectivity index (χ1) is 10.3. The molecule has 1 N–H and O–H groups in total. The molecule has 0 amide bonds. The third-order valence-corrected chi connectivity index (χ3v) is 5.95. The lowest BCUT2D eigenvalue weighted by Crippen LogP contribution is -2.22. The van der Waals surface area contributed by atoms with Gasteiger partial charge in [0.2, 0.25) is 0 Å². The number of sulfonamides is 1. The monoisotopic (exact) mass is 362 g/mol. The van der Waals surface area contributed by atoms with E-state index < -0.39 is 20.6 Å². The van der Waals surface area contributed by atoms with Gasteiger partial charge in [-0.3, -0.25) is 10.1 Å². The van der Waals surface area contributed by atoms with Crippen LogP contribution in [-0.4, -0.2) is 20.5 Å². The van der Waals surface area contributed by atoms with Crippen molar-refractivity contribution < 1.29 is 18.1 Å². The van der Waals surface area contributed by atoms with Crippen LogP contribution in [-0.2, 0) is 16.6 Å². The molecular formula is C12H11ClN2O5S2. The van der Waals surface area contributed by atoms with E-state index in [2.05, 4.69) is 4.72 Å². The van der Waals surface area contributed by atoms with Gasteiger partial charge in [-0.05, 0) is 17.7 Å². The lowest BCUT2D eigenvalue weighted by molar-refractivity contribution is -0.384. The number of rotatable bonds is 6. The van der Waals surface area contributed by atoms with Gasteiger partial charge < -0.3 is 4.74 Å². The van der Waals surface area contributed by atoms with Crippen LogP contribution in [0.15, 0.2) is 34.5 Å². The first-order valence-corrected chi connectivity index (χ1v) is 8.57. The molecule has 0 bridgehead atoms. The van der Waals surface area contributed by atoms with Crippen molar-refractivity contribution in [3.63, 3.8) is 0 Å². The molecule has 0 aliphatic heterocycles. The van der Waals surface area contributed by atoms with E-state index in [1.165, 1.54) is 7.11 Å². The van der Waals surface area contributed by atoms with E-state index >= 15 is 0 Å². The van der Waals surface area contributed by atoms with Crippen molar-refractivity contribution in [2.75, 3.05) is 7.11 Å². The highest BCUT2D eigenvalue weighted by molar-refractivity contribution is 7.91. The number of ether oxygens (including phenoxy) is 1. The molecule has 0 aliphatic carbocycles. The maximum atomic E-state index is 12.1. The number of hydrogen-bond donors (Lipinski definition) is 1. The molecule has 7 nitrogen and oxygen atoms in total. The Labute approximate surface area is 135 Å². The van der Waals surface area contributed by atoms with Crippen LogP contribution < -0.4 is 9.46 Å². The summed E-state index contributed by atoms with van der Waals surface area (Å²) in [5.74, 6) is 0.660. The molecule has 0 atom stereocenters. The van der Waals surface area contributed by atoms with E-state index in [9.17, 15) is 18.5 Å². The fourth-order valence-electron chi connectivity index (χ4n) is 1.59. The second-order valence-electron chi connectivity index (χ2n) is 4.15. The maximum Gasteiger partial charge on any atom is 0.300 e. The second-order valence-corrected chi connectivity index (χ2v) is 7.80. The smallest absolute Gasteiger partial charge is 0.300 e. The zero-order valence-electron chi connectivity index (χ0n) is 11.3. The van der Waals surface area contributed by atoms with Crippen LogP contribution in [0.25, 0.3) is 0 Å². The number of nitrogens with zero attached hydrogens (tertiary/aromatic N) is 1. The number of halogens is 1. The van der Waals surface area contributed by atoms with Gasteiger partial charge in [-0.25, -0.2) is 13.1 Å². The highest BCUT2D eigenvalue weighted by Crippen LogP contribution is 2.36. The molecule has 1 heterocycles. The van der Waals surface area contributed by atoms with E-state index in [0.29, 0.717) is 17.1 Å². The fraction of sp³-hybridized carbons (Fsp3) is 0.167. The van der Waals surface area contributed by atoms with Crippen LogP contribution in [0, 0.1) is 10.1 Å². The minimum atomic E-state index is -3.86. The Kier molecular flexibility index (Phi) is 5.01. The number of nitro groups is 1. The van der Waals surface area contributed by atoms with E-state index in [-0.39, 0.29) is 15.1 Å². The zero-order chi connectivity index (χ0) is 16.3. The van der Waals surface area contributed by atoms with Crippen LogP contribution in [0.1, 0.15) is 5.56 Å². The summed E-state index contributed by atoms with van der Waals surface area (Å²) in [6.07, 6.45) is 0. The number of nitrogens with one attached hydrogen (secondary N) is 1. The Morgan fingerprint density at radius 2 is 2.00 bits per heavy atom. The van der Waals surface area contributed by atoms with Gasteiger partial charge in [0.15, 0.2) is 4.34 Å². The molecule has 2 aromatic rings. The normalized spacial score (nSPS) is 11.4. The van der Waals surface area contributed by atoms with E-state index in [0.717, 1.165) is 11.6 Å². The van der Waals surface area contributed by atoms with Gasteiger partial charge in [0.1, 0.15) is 9.96 Å². The van der Waals surface area contributed by atoms with Crippen molar-refractivity contribution in [1.82, 2.24) is 4.72 Å². The molecule has 0 fully saturated rings. The van der Waals surface area contributed by atoms with Crippen LogP contribution in [0.2, 0.25) is 4.34 Å². The predicted molar refractivity (Wildman–Crippen MR) is 83.0 cm³/mol. The summed E-state index contributed by atoms with van der Waals surface area (Å²) in [7, 11) is -2.33. The molecular weight excluding hydrogens is 352 g/mol. The van der Waals surface area contributed by atoms with Crippen molar-refractivity contribution in [3.8, 4) is 5.75 Å². The quantitative estimate of drug-likeness (QED) is 0.629. The molecule has 1 aromatic heterocycles. The first-order valence-electron chi connectivity index (χ1n) is 5.90. The van der Waals surface area contributed by atoms with Crippen LogP contribution in [0.4, 0.5) is 5.69 Å². The van der Waals surface area contributed by atoms with Gasteiger partial charge in [0.25, 0.3) is 15.7 Å². The van der Waals surface area contributed by atoms with Crippen LogP contribution in [0.5, 0.6) is 5.75 Å². The Morgan fingerprint density at radius 1 is 1.36 bits per heavy atom. The molecule has 10 heteroatoms. The summed E-state index contributed by atoms with van der Waals surface area (Å²) < 4.78 is 31.2. The summed E-state index contributed by atoms with van der Waals surface area (Å²) in [6.45, 7) is 0.0512. The molecule has 0 radical (unpaired) electrons. The van der Waals surface area contributed by atoms with E-state index in [1.807, 2.05) is 0 Å². The Bertz CT molecular complexity index is 786. The molecule has 2 rings (SSSR count). The SMILES string of the molecule is COc1ccc(CNS(=O)(=O)c2cc([N+](=O)[O-])c(Cl)s2)cc1. The second kappa shape index (κ2) is 6.61. The number of thiophene rings is 1. The Hall–Kier alpha value is -1.68. The van der Waals surface area contributed by atoms with Crippen molar-refractivity contribution in [2.24, 2.45) is 0 Å². The number of hydrogen-bond acceptors (Lipinski definition) is 6. The third-order valence-electron chi connectivity index (χ3n) is 2.73. The molecule has 0 aliphatic rings. The van der Waals surface area contributed by atoms with Gasteiger partial charge in [-0.15, -0.1) is 11.3 Å². The fourth-order valence-corrected chi connectivity index (χ4v) is 4.31. The molecule has 0 saturated heterocycles. The average molecular weight is 363 g/mol. The Morgan fingerprint density at radius 3 is 2.50 bits per heavy atom. The maximum absolute atomic E-state index is 12.1. The summed E-state index contributed by atoms with van der Waals surface area (Å²) >= 11 is 6.31. The van der Waals surface area contributed by atoms with Crippen molar-refractivity contribution in [2.45, 2.75) is 10.8 Å². The highest BCUT2D eigenvalue weighted by Gasteiger charge is 2.24. The molecule has 22 heavy (non-hydrogen) atoms. The molecule has 118 valence electrons. The van der Waals surface area contributed by atoms with Crippen molar-refractivity contribution >= 4 is 38.6 Å². The number of methoxy groups -OCH3 is 1. The standard InChI is InChI=1S/C12H11ClN2O5S2/c1-20-9-4-2-8(3-5-9)7-14-22(18,19)11-6-10(15(16)17)12(13)21-11/h2-6,14H,7H2,1H3. The molecule has 0 spiro atoms. The lowest BCUT2D eigenvalue weighted by Gasteiger charge is -2.05. The van der Waals surface area contributed by atoms with E-state index in [4.69, 9.17) is 16.3 Å². The van der Waals surface area contributed by atoms with Gasteiger partial charge >= 0.3 is 0 Å². The summed E-state index contributed by atoms with van der Waals surface area (Å²) in [6, 6.07) is 7.78. The minimum absolute atomic E-state index is 0.0512. The third kappa shape index (κ3) is 3.74. The topological polar surface area (TPSA) is 98.5 Å². The first kappa shape index (κ1) is 16.7. The molecule has 0 unspecified atom stereocenters. The lowest BCUT2D eigenvalue weighted by atomic mass is 10.2. The zero-order valence-corrected chi connectivity index (χ0v) is 13.7. The Balaban J connectivity index is 2.13. The van der Waals surface area contributed by atoms with Gasteiger partial charge in [-0.2, -0.15) is 0 Å². The molecule has 1 aromatic carbocycles. The molecule has 0 saturated carbocycles. The number of benzene rings is 1. The predicted octanol–water partition coefficient (Wildman–Crippen LogP) is 2.80. The summed E-state index contributed by atoms with van der Waals surface area (Å²) in [4.78, 5) is 9.98. The van der Waals surface area contributed by atoms with Gasteiger partial charge in [-0.1, -0.05) is 23.7 Å². The van der Waals surface area contributed by atoms with Gasteiger partial charge in [0, 0.05) is 12.6 Å². The van der Waals surface area contributed by atoms with Gasteiger partial charge in [0.05, 0.1) is 12.0 Å². The summed E-state index contributed by atoms with van der Waals surface area (Å²) in [5.41, 5.74) is 0.304.